The van der Waals surface area contributed by atoms with Crippen LogP contribution < -0.4 is 0 Å². The SMILES string of the molecule is C[N+](=O)c1cc(C(=O)O)ccc1C#N. The molecule has 1 aromatic rings. The quantitative estimate of drug-likeness (QED) is 0.714. The molecular formula is C9H7N2O3+. The highest BCUT2D eigenvalue weighted by molar-refractivity contribution is 5.88. The summed E-state index contributed by atoms with van der Waals surface area (Å²) in [6.07, 6.45) is 0. The van der Waals surface area contributed by atoms with Gasteiger partial charge < -0.3 is 5.11 Å². The van der Waals surface area contributed by atoms with Gasteiger partial charge in [0.1, 0.15) is 11.6 Å². The molecule has 0 spiro atoms. The highest BCUT2D eigenvalue weighted by Crippen LogP contribution is 2.18. The molecule has 0 amide bonds. The van der Waals surface area contributed by atoms with Gasteiger partial charge >= 0.3 is 5.97 Å². The predicted octanol–water partition coefficient (Wildman–Crippen LogP) is 1.30. The van der Waals surface area contributed by atoms with Gasteiger partial charge in [-0.2, -0.15) is 5.26 Å². The van der Waals surface area contributed by atoms with Crippen LogP contribution in [0.2, 0.25) is 0 Å². The van der Waals surface area contributed by atoms with Crippen molar-refractivity contribution in [1.82, 2.24) is 0 Å². The van der Waals surface area contributed by atoms with Crippen LogP contribution in [0.1, 0.15) is 15.9 Å². The van der Waals surface area contributed by atoms with Crippen LogP contribution in [-0.4, -0.2) is 22.9 Å². The summed E-state index contributed by atoms with van der Waals surface area (Å²) in [5.41, 5.74) is 0.210. The van der Waals surface area contributed by atoms with E-state index in [1.54, 1.807) is 0 Å². The first-order valence-corrected chi connectivity index (χ1v) is 3.74. The van der Waals surface area contributed by atoms with E-state index in [9.17, 15) is 9.70 Å². The zero-order valence-corrected chi connectivity index (χ0v) is 7.39. The average molecular weight is 191 g/mol. The molecular weight excluding hydrogens is 184 g/mol. The van der Waals surface area contributed by atoms with Crippen molar-refractivity contribution in [2.24, 2.45) is 0 Å². The van der Waals surface area contributed by atoms with Crippen LogP contribution in [0, 0.1) is 16.2 Å². The summed E-state index contributed by atoms with van der Waals surface area (Å²) in [4.78, 5) is 21.5. The summed E-state index contributed by atoms with van der Waals surface area (Å²) in [5.74, 6) is -1.13. The van der Waals surface area contributed by atoms with Gasteiger partial charge in [-0.05, 0) is 12.1 Å². The second kappa shape index (κ2) is 3.66. The topological polar surface area (TPSA) is 81.2 Å². The van der Waals surface area contributed by atoms with Gasteiger partial charge in [0.05, 0.1) is 5.56 Å². The van der Waals surface area contributed by atoms with E-state index in [1.807, 2.05) is 6.07 Å². The van der Waals surface area contributed by atoms with Crippen LogP contribution in [0.5, 0.6) is 0 Å². The Balaban J connectivity index is 3.37. The maximum absolute atomic E-state index is 11.0. The van der Waals surface area contributed by atoms with Gasteiger partial charge in [-0.25, -0.2) is 4.79 Å². The summed E-state index contributed by atoms with van der Waals surface area (Å²) < 4.78 is 0.463. The molecule has 0 radical (unpaired) electrons. The zero-order chi connectivity index (χ0) is 10.7. The van der Waals surface area contributed by atoms with E-state index in [0.29, 0.717) is 4.76 Å². The number of nitroso groups, excluding NO2 is 1. The van der Waals surface area contributed by atoms with E-state index >= 15 is 0 Å². The molecule has 1 rings (SSSR count). The first-order valence-electron chi connectivity index (χ1n) is 3.74. The second-order valence-corrected chi connectivity index (χ2v) is 2.65. The van der Waals surface area contributed by atoms with Gasteiger partial charge in [-0.3, -0.25) is 0 Å². The Morgan fingerprint density at radius 1 is 1.57 bits per heavy atom. The molecule has 0 aliphatic heterocycles. The van der Waals surface area contributed by atoms with Crippen molar-refractivity contribution in [3.05, 3.63) is 34.2 Å². The Morgan fingerprint density at radius 3 is 2.64 bits per heavy atom. The Labute approximate surface area is 79.8 Å². The van der Waals surface area contributed by atoms with E-state index in [2.05, 4.69) is 0 Å². The van der Waals surface area contributed by atoms with Crippen LogP contribution >= 0.6 is 0 Å². The molecule has 14 heavy (non-hydrogen) atoms. The summed E-state index contributed by atoms with van der Waals surface area (Å²) in [7, 11) is 1.21. The number of aromatic carboxylic acids is 1. The Morgan fingerprint density at radius 2 is 2.21 bits per heavy atom. The Hall–Kier alpha value is -2.22. The van der Waals surface area contributed by atoms with E-state index in [-0.39, 0.29) is 16.8 Å². The molecule has 0 fully saturated rings. The van der Waals surface area contributed by atoms with Gasteiger partial charge in [0, 0.05) is 15.7 Å². The minimum atomic E-state index is -1.13. The summed E-state index contributed by atoms with van der Waals surface area (Å²) in [6, 6.07) is 5.58. The van der Waals surface area contributed by atoms with Crippen molar-refractivity contribution in [2.75, 3.05) is 7.05 Å². The lowest BCUT2D eigenvalue weighted by Crippen LogP contribution is -2.00. The highest BCUT2D eigenvalue weighted by Gasteiger charge is 2.17. The van der Waals surface area contributed by atoms with E-state index in [0.717, 1.165) is 0 Å². The minimum absolute atomic E-state index is 0.0123. The molecule has 0 bridgehead atoms. The smallest absolute Gasteiger partial charge is 0.335 e. The van der Waals surface area contributed by atoms with Crippen molar-refractivity contribution >= 4 is 11.7 Å². The highest BCUT2D eigenvalue weighted by atomic mass is 16.4. The van der Waals surface area contributed by atoms with Crippen molar-refractivity contribution < 1.29 is 14.7 Å². The van der Waals surface area contributed by atoms with Gasteiger partial charge in [0.25, 0.3) is 5.69 Å². The predicted molar refractivity (Wildman–Crippen MR) is 47.3 cm³/mol. The zero-order valence-electron chi connectivity index (χ0n) is 7.39. The number of benzene rings is 1. The van der Waals surface area contributed by atoms with Crippen LogP contribution in [-0.2, 0) is 0 Å². The first kappa shape index (κ1) is 9.86. The fourth-order valence-corrected chi connectivity index (χ4v) is 1.02. The molecule has 0 atom stereocenters. The van der Waals surface area contributed by atoms with Crippen LogP contribution in [0.15, 0.2) is 18.2 Å². The maximum atomic E-state index is 11.0. The third kappa shape index (κ3) is 1.75. The fraction of sp³-hybridized carbons (Fsp3) is 0.111. The number of hydrogen-bond acceptors (Lipinski definition) is 3. The summed E-state index contributed by atoms with van der Waals surface area (Å²) in [5, 5.41) is 17.3. The standard InChI is InChI=1S/C9H6N2O3/c1-11(14)8-4-6(9(12)13)2-3-7(8)5-10/h2-4H,1H3/p+1. The number of rotatable bonds is 2. The van der Waals surface area contributed by atoms with Crippen LogP contribution in [0.4, 0.5) is 5.69 Å². The second-order valence-electron chi connectivity index (χ2n) is 2.65. The van der Waals surface area contributed by atoms with E-state index in [4.69, 9.17) is 10.4 Å². The van der Waals surface area contributed by atoms with Gasteiger partial charge in [-0.1, -0.05) is 0 Å². The van der Waals surface area contributed by atoms with Crippen LogP contribution in [0.3, 0.4) is 0 Å². The van der Waals surface area contributed by atoms with Gasteiger partial charge in [0.15, 0.2) is 7.05 Å². The Kier molecular flexibility index (Phi) is 2.58. The number of nitrogens with zero attached hydrogens (tertiary/aromatic N) is 2. The molecule has 0 saturated carbocycles. The number of carboxylic acid groups (broad SMARTS) is 1. The van der Waals surface area contributed by atoms with Gasteiger partial charge in [0.2, 0.25) is 0 Å². The third-order valence-corrected chi connectivity index (χ3v) is 1.70. The van der Waals surface area contributed by atoms with Crippen molar-refractivity contribution in [2.45, 2.75) is 0 Å². The number of carboxylic acids is 1. The first-order chi connectivity index (χ1) is 6.56. The molecule has 0 aromatic heterocycles. The van der Waals surface area contributed by atoms with Crippen molar-refractivity contribution in [1.29, 1.82) is 5.26 Å². The molecule has 0 aliphatic rings. The average Bonchev–Trinajstić information content (AvgIpc) is 2.16. The molecule has 0 unspecified atom stereocenters. The summed E-state index contributed by atoms with van der Waals surface area (Å²) in [6.45, 7) is 0. The lowest BCUT2D eigenvalue weighted by molar-refractivity contribution is -0.428. The number of nitriles is 1. The molecule has 5 heteroatoms. The Bertz CT molecular complexity index is 446. The lowest BCUT2D eigenvalue weighted by atomic mass is 10.1. The lowest BCUT2D eigenvalue weighted by Gasteiger charge is -1.95. The molecule has 0 saturated heterocycles. The fourth-order valence-electron chi connectivity index (χ4n) is 1.02. The molecule has 70 valence electrons. The van der Waals surface area contributed by atoms with Crippen molar-refractivity contribution in [3.63, 3.8) is 0 Å². The molecule has 0 aliphatic carbocycles. The van der Waals surface area contributed by atoms with E-state index < -0.39 is 5.97 Å². The molecule has 5 nitrogen and oxygen atoms in total. The maximum Gasteiger partial charge on any atom is 0.335 e. The largest absolute Gasteiger partial charge is 0.478 e. The normalized spacial score (nSPS) is 9.14. The molecule has 1 aromatic carbocycles. The van der Waals surface area contributed by atoms with Crippen LogP contribution in [0.25, 0.3) is 0 Å². The van der Waals surface area contributed by atoms with Crippen molar-refractivity contribution in [3.8, 4) is 6.07 Å². The summed E-state index contributed by atoms with van der Waals surface area (Å²) >= 11 is 0. The number of carbonyl (C=O) groups is 1. The molecule has 1 N–H and O–H groups in total. The minimum Gasteiger partial charge on any atom is -0.478 e. The monoisotopic (exact) mass is 191 g/mol. The molecule has 0 heterocycles. The van der Waals surface area contributed by atoms with Gasteiger partial charge in [-0.15, -0.1) is 0 Å². The number of hydrogen-bond donors (Lipinski definition) is 1. The third-order valence-electron chi connectivity index (χ3n) is 1.70. The van der Waals surface area contributed by atoms with E-state index in [1.165, 1.54) is 25.2 Å².